The summed E-state index contributed by atoms with van der Waals surface area (Å²) in [6, 6.07) is 17.8. The van der Waals surface area contributed by atoms with Gasteiger partial charge in [-0.25, -0.2) is 4.79 Å². The largest absolute Gasteiger partial charge is 0.462 e. The lowest BCUT2D eigenvalue weighted by atomic mass is 10.0. The van der Waals surface area contributed by atoms with Crippen LogP contribution in [0.5, 0.6) is 0 Å². The van der Waals surface area contributed by atoms with E-state index < -0.39 is 0 Å². The second-order valence-electron chi connectivity index (χ2n) is 9.09. The molecule has 2 N–H and O–H groups in total. The highest BCUT2D eigenvalue weighted by atomic mass is 32.2. The zero-order valence-electron chi connectivity index (χ0n) is 21.9. The fraction of sp³-hybridized carbons (Fsp3) is 0.345. The molecule has 4 rings (SSSR count). The van der Waals surface area contributed by atoms with E-state index >= 15 is 0 Å². The number of thiophene rings is 1. The lowest BCUT2D eigenvalue weighted by Gasteiger charge is -2.27. The fourth-order valence-electron chi connectivity index (χ4n) is 4.47. The van der Waals surface area contributed by atoms with Crippen molar-refractivity contribution in [3.8, 4) is 0 Å². The number of nitrogens with zero attached hydrogens (tertiary/aromatic N) is 1. The molecule has 1 unspecified atom stereocenters. The molecule has 0 spiro atoms. The number of fused-ring (bicyclic) bond motifs is 1. The van der Waals surface area contributed by atoms with Crippen LogP contribution in [0.3, 0.4) is 0 Å². The van der Waals surface area contributed by atoms with Crippen LogP contribution in [0.25, 0.3) is 0 Å². The van der Waals surface area contributed by atoms with E-state index in [0.717, 1.165) is 41.4 Å². The Morgan fingerprint density at radius 3 is 2.58 bits per heavy atom. The van der Waals surface area contributed by atoms with E-state index in [9.17, 15) is 14.4 Å². The summed E-state index contributed by atoms with van der Waals surface area (Å²) in [6.45, 7) is 7.87. The maximum absolute atomic E-state index is 13.4. The second kappa shape index (κ2) is 13.1. The normalized spacial score (nSPS) is 13.9. The number of nitrogens with one attached hydrogen (secondary N) is 2. The fourth-order valence-corrected chi connectivity index (χ4v) is 6.76. The molecule has 2 heterocycles. The number of hydrogen-bond acceptors (Lipinski definition) is 7. The van der Waals surface area contributed by atoms with E-state index in [1.165, 1.54) is 35.6 Å². The molecule has 0 radical (unpaired) electrons. The first-order valence-corrected chi connectivity index (χ1v) is 14.5. The van der Waals surface area contributed by atoms with Crippen LogP contribution in [0.2, 0.25) is 0 Å². The quantitative estimate of drug-likeness (QED) is 0.239. The number of anilines is 2. The molecule has 0 fully saturated rings. The molecule has 1 atom stereocenters. The molecule has 2 aromatic carbocycles. The van der Waals surface area contributed by atoms with Crippen molar-refractivity contribution in [2.45, 2.75) is 56.8 Å². The van der Waals surface area contributed by atoms with Gasteiger partial charge in [0.25, 0.3) is 0 Å². The van der Waals surface area contributed by atoms with Crippen molar-refractivity contribution in [3.63, 3.8) is 0 Å². The molecule has 0 bridgehead atoms. The monoisotopic (exact) mass is 551 g/mol. The predicted molar refractivity (Wildman–Crippen MR) is 154 cm³/mol. The van der Waals surface area contributed by atoms with Gasteiger partial charge >= 0.3 is 5.97 Å². The highest BCUT2D eigenvalue weighted by molar-refractivity contribution is 8.00. The van der Waals surface area contributed by atoms with Crippen LogP contribution in [-0.2, 0) is 33.8 Å². The minimum Gasteiger partial charge on any atom is -0.462 e. The molecule has 1 aromatic heterocycles. The maximum atomic E-state index is 13.4. The standard InChI is InChI=1S/C29H33N3O4S2/c1-4-24(37-22-13-9-12-21(16-22)30-19(3)33)27(34)31-28-26(29(35)36-5-2)23-14-15-32(18-25(23)38-28)17-20-10-7-6-8-11-20/h6-13,16,24H,4-5,14-15,17-18H2,1-3H3,(H,30,33)(H,31,34). The molecule has 1 aliphatic rings. The molecule has 38 heavy (non-hydrogen) atoms. The van der Waals surface area contributed by atoms with Gasteiger partial charge in [0.05, 0.1) is 17.4 Å². The van der Waals surface area contributed by atoms with Crippen LogP contribution in [0, 0.1) is 0 Å². The van der Waals surface area contributed by atoms with Gasteiger partial charge in [-0.05, 0) is 49.1 Å². The van der Waals surface area contributed by atoms with Crippen molar-refractivity contribution >= 4 is 51.6 Å². The van der Waals surface area contributed by atoms with Crippen LogP contribution in [-0.4, -0.2) is 41.1 Å². The molecular formula is C29H33N3O4S2. The van der Waals surface area contributed by atoms with Gasteiger partial charge in [0.1, 0.15) is 5.00 Å². The van der Waals surface area contributed by atoms with E-state index in [1.54, 1.807) is 6.92 Å². The zero-order chi connectivity index (χ0) is 27.1. The first kappa shape index (κ1) is 27.9. The maximum Gasteiger partial charge on any atom is 0.341 e. The Morgan fingerprint density at radius 2 is 1.87 bits per heavy atom. The molecule has 1 aliphatic heterocycles. The van der Waals surface area contributed by atoms with Gasteiger partial charge in [-0.2, -0.15) is 0 Å². The summed E-state index contributed by atoms with van der Waals surface area (Å²) in [4.78, 5) is 42.1. The van der Waals surface area contributed by atoms with E-state index in [1.807, 2.05) is 49.4 Å². The predicted octanol–water partition coefficient (Wildman–Crippen LogP) is 5.95. The van der Waals surface area contributed by atoms with Crippen molar-refractivity contribution < 1.29 is 19.1 Å². The summed E-state index contributed by atoms with van der Waals surface area (Å²) < 4.78 is 5.39. The number of carbonyl (C=O) groups excluding carboxylic acids is 3. The first-order chi connectivity index (χ1) is 18.4. The van der Waals surface area contributed by atoms with Crippen LogP contribution in [0.15, 0.2) is 59.5 Å². The first-order valence-electron chi connectivity index (χ1n) is 12.8. The Morgan fingerprint density at radius 1 is 1.08 bits per heavy atom. The summed E-state index contributed by atoms with van der Waals surface area (Å²) in [6.07, 6.45) is 1.33. The number of ether oxygens (including phenoxy) is 1. The average molecular weight is 552 g/mol. The summed E-state index contributed by atoms with van der Waals surface area (Å²) in [5, 5.41) is 6.03. The number of carbonyl (C=O) groups is 3. The summed E-state index contributed by atoms with van der Waals surface area (Å²) >= 11 is 2.91. The smallest absolute Gasteiger partial charge is 0.341 e. The van der Waals surface area contributed by atoms with Crippen molar-refractivity contribution in [2.75, 3.05) is 23.8 Å². The van der Waals surface area contributed by atoms with Gasteiger partial charge < -0.3 is 15.4 Å². The average Bonchev–Trinajstić information content (AvgIpc) is 3.24. The van der Waals surface area contributed by atoms with E-state index in [4.69, 9.17) is 4.74 Å². The molecule has 0 saturated heterocycles. The lowest BCUT2D eigenvalue weighted by Crippen LogP contribution is -2.30. The van der Waals surface area contributed by atoms with Crippen LogP contribution >= 0.6 is 23.1 Å². The van der Waals surface area contributed by atoms with Crippen LogP contribution in [0.4, 0.5) is 10.7 Å². The van der Waals surface area contributed by atoms with Gasteiger partial charge in [-0.1, -0.05) is 43.3 Å². The van der Waals surface area contributed by atoms with Gasteiger partial charge in [0.2, 0.25) is 11.8 Å². The lowest BCUT2D eigenvalue weighted by molar-refractivity contribution is -0.116. The number of rotatable bonds is 10. The Bertz CT molecular complexity index is 1290. The molecule has 2 amide bonds. The topological polar surface area (TPSA) is 87.7 Å². The van der Waals surface area contributed by atoms with E-state index in [0.29, 0.717) is 22.7 Å². The van der Waals surface area contributed by atoms with Crippen molar-refractivity contribution in [1.82, 2.24) is 4.90 Å². The van der Waals surface area contributed by atoms with Gasteiger partial charge in [0.15, 0.2) is 0 Å². The van der Waals surface area contributed by atoms with Gasteiger partial charge in [0, 0.05) is 42.0 Å². The molecular weight excluding hydrogens is 518 g/mol. The Labute approximate surface area is 232 Å². The zero-order valence-corrected chi connectivity index (χ0v) is 23.5. The second-order valence-corrected chi connectivity index (χ2v) is 11.5. The minimum absolute atomic E-state index is 0.146. The van der Waals surface area contributed by atoms with Crippen LogP contribution in [0.1, 0.15) is 53.6 Å². The summed E-state index contributed by atoms with van der Waals surface area (Å²) in [7, 11) is 0. The third-order valence-electron chi connectivity index (χ3n) is 6.20. The van der Waals surface area contributed by atoms with Crippen LogP contribution < -0.4 is 10.6 Å². The molecule has 0 aliphatic carbocycles. The molecule has 200 valence electrons. The highest BCUT2D eigenvalue weighted by Crippen LogP contribution is 2.39. The van der Waals surface area contributed by atoms with Gasteiger partial charge in [-0.3, -0.25) is 14.5 Å². The van der Waals surface area contributed by atoms with Gasteiger partial charge in [-0.15, -0.1) is 23.1 Å². The highest BCUT2D eigenvalue weighted by Gasteiger charge is 2.30. The number of amides is 2. The molecule has 9 heteroatoms. The van der Waals surface area contributed by atoms with E-state index in [2.05, 4.69) is 27.7 Å². The Hall–Kier alpha value is -3.14. The number of esters is 1. The third-order valence-corrected chi connectivity index (χ3v) is 8.69. The van der Waals surface area contributed by atoms with E-state index in [-0.39, 0.29) is 29.6 Å². The number of hydrogen-bond donors (Lipinski definition) is 2. The van der Waals surface area contributed by atoms with Crippen molar-refractivity contribution in [2.24, 2.45) is 0 Å². The van der Waals surface area contributed by atoms with Crippen molar-refractivity contribution in [1.29, 1.82) is 0 Å². The van der Waals surface area contributed by atoms with Crippen molar-refractivity contribution in [3.05, 3.63) is 76.2 Å². The molecule has 0 saturated carbocycles. The molecule has 3 aromatic rings. The Balaban J connectivity index is 1.52. The molecule has 7 nitrogen and oxygen atoms in total. The number of thioether (sulfide) groups is 1. The minimum atomic E-state index is -0.388. The Kier molecular flexibility index (Phi) is 9.60. The number of benzene rings is 2. The third kappa shape index (κ3) is 7.03. The summed E-state index contributed by atoms with van der Waals surface area (Å²) in [5.74, 6) is -0.694. The summed E-state index contributed by atoms with van der Waals surface area (Å²) in [5.41, 5.74) is 3.41. The SMILES string of the molecule is CCOC(=O)c1c(NC(=O)C(CC)Sc2cccc(NC(C)=O)c2)sc2c1CCN(Cc1ccccc1)C2.